The summed E-state index contributed by atoms with van der Waals surface area (Å²) in [5.74, 6) is 1.01. The summed E-state index contributed by atoms with van der Waals surface area (Å²) in [6, 6.07) is 1.44. The Hall–Kier alpha value is -1.96. The van der Waals surface area contributed by atoms with Gasteiger partial charge in [-0.15, -0.1) is 0 Å². The van der Waals surface area contributed by atoms with Crippen molar-refractivity contribution in [1.29, 1.82) is 0 Å². The second kappa shape index (κ2) is 5.58. The zero-order valence-electron chi connectivity index (χ0n) is 11.3. The van der Waals surface area contributed by atoms with E-state index < -0.39 is 4.92 Å². The van der Waals surface area contributed by atoms with Crippen LogP contribution in [0.15, 0.2) is 21.3 Å². The molecule has 0 fully saturated rings. The Morgan fingerprint density at radius 2 is 2.20 bits per heavy atom. The minimum atomic E-state index is -0.447. The molecule has 8 heteroatoms. The van der Waals surface area contributed by atoms with Crippen molar-refractivity contribution >= 4 is 27.4 Å². The van der Waals surface area contributed by atoms with Gasteiger partial charge in [-0.1, -0.05) is 5.16 Å². The molecule has 0 bridgehead atoms. The van der Waals surface area contributed by atoms with E-state index in [1.807, 2.05) is 13.8 Å². The van der Waals surface area contributed by atoms with Crippen LogP contribution < -0.4 is 4.90 Å². The Morgan fingerprint density at radius 3 is 2.75 bits per heavy atom. The summed E-state index contributed by atoms with van der Waals surface area (Å²) in [6.07, 6.45) is 1.53. The van der Waals surface area contributed by atoms with Gasteiger partial charge in [0, 0.05) is 35.9 Å². The molecular weight excluding hydrogens is 328 g/mol. The molecule has 0 aliphatic carbocycles. The lowest BCUT2D eigenvalue weighted by molar-refractivity contribution is -0.384. The van der Waals surface area contributed by atoms with Gasteiger partial charge in [-0.2, -0.15) is 0 Å². The van der Waals surface area contributed by atoms with Crippen molar-refractivity contribution in [1.82, 2.24) is 10.1 Å². The number of anilines is 1. The van der Waals surface area contributed by atoms with Crippen LogP contribution in [0, 0.1) is 24.0 Å². The first-order valence-corrected chi connectivity index (χ1v) is 6.62. The summed E-state index contributed by atoms with van der Waals surface area (Å²) in [5, 5.41) is 15.0. The number of halogens is 1. The predicted octanol–water partition coefficient (Wildman–Crippen LogP) is 2.99. The molecule has 0 saturated heterocycles. The Kier molecular flexibility index (Phi) is 4.03. The Morgan fingerprint density at radius 1 is 1.50 bits per heavy atom. The quantitative estimate of drug-likeness (QED) is 0.628. The summed E-state index contributed by atoms with van der Waals surface area (Å²) in [7, 11) is 1.75. The molecule has 0 radical (unpaired) electrons. The molecule has 0 amide bonds. The number of aromatic nitrogens is 2. The summed E-state index contributed by atoms with van der Waals surface area (Å²) < 4.78 is 5.66. The molecule has 0 saturated carbocycles. The molecule has 0 N–H and O–H groups in total. The van der Waals surface area contributed by atoms with Crippen LogP contribution in [0.1, 0.15) is 17.0 Å². The molecule has 0 unspecified atom stereocenters. The fourth-order valence-corrected chi connectivity index (χ4v) is 2.21. The molecule has 2 heterocycles. The van der Waals surface area contributed by atoms with E-state index in [-0.39, 0.29) is 5.69 Å². The minimum absolute atomic E-state index is 0.0476. The molecule has 0 aliphatic rings. The van der Waals surface area contributed by atoms with Crippen molar-refractivity contribution in [2.24, 2.45) is 0 Å². The number of rotatable bonds is 4. The second-order valence-electron chi connectivity index (χ2n) is 4.41. The monoisotopic (exact) mass is 340 g/mol. The van der Waals surface area contributed by atoms with E-state index >= 15 is 0 Å². The first-order valence-electron chi connectivity index (χ1n) is 5.83. The highest BCUT2D eigenvalue weighted by atomic mass is 79.9. The van der Waals surface area contributed by atoms with Gasteiger partial charge in [0.05, 0.1) is 10.6 Å². The summed E-state index contributed by atoms with van der Waals surface area (Å²) >= 11 is 3.19. The lowest BCUT2D eigenvalue weighted by Gasteiger charge is -2.17. The second-order valence-corrected chi connectivity index (χ2v) is 5.33. The van der Waals surface area contributed by atoms with Gasteiger partial charge in [-0.05, 0) is 29.8 Å². The number of aryl methyl sites for hydroxylation is 2. The molecule has 106 valence electrons. The van der Waals surface area contributed by atoms with Crippen LogP contribution in [0.5, 0.6) is 0 Å². The molecule has 2 aromatic rings. The molecule has 7 nitrogen and oxygen atoms in total. The highest BCUT2D eigenvalue weighted by molar-refractivity contribution is 9.10. The lowest BCUT2D eigenvalue weighted by Crippen LogP contribution is -2.19. The maximum Gasteiger partial charge on any atom is 0.312 e. The number of pyridine rings is 1. The molecule has 20 heavy (non-hydrogen) atoms. The number of nitrogens with zero attached hydrogens (tertiary/aromatic N) is 4. The van der Waals surface area contributed by atoms with E-state index in [4.69, 9.17) is 4.52 Å². The molecule has 0 atom stereocenters. The van der Waals surface area contributed by atoms with Crippen molar-refractivity contribution in [3.63, 3.8) is 0 Å². The topological polar surface area (TPSA) is 85.3 Å². The van der Waals surface area contributed by atoms with E-state index in [9.17, 15) is 10.1 Å². The van der Waals surface area contributed by atoms with Gasteiger partial charge < -0.3 is 9.42 Å². The van der Waals surface area contributed by atoms with Gasteiger partial charge in [0.25, 0.3) is 0 Å². The van der Waals surface area contributed by atoms with Crippen LogP contribution in [0.2, 0.25) is 0 Å². The summed E-state index contributed by atoms with van der Waals surface area (Å²) in [4.78, 5) is 16.5. The van der Waals surface area contributed by atoms with E-state index in [2.05, 4.69) is 26.1 Å². The predicted molar refractivity (Wildman–Crippen MR) is 76.7 cm³/mol. The van der Waals surface area contributed by atoms with Gasteiger partial charge >= 0.3 is 5.69 Å². The van der Waals surface area contributed by atoms with Gasteiger partial charge in [-0.25, -0.2) is 4.98 Å². The average molecular weight is 341 g/mol. The normalized spacial score (nSPS) is 10.6. The van der Waals surface area contributed by atoms with E-state index in [0.29, 0.717) is 22.6 Å². The molecular formula is C12H13BrN4O3. The van der Waals surface area contributed by atoms with Crippen LogP contribution in [0.3, 0.4) is 0 Å². The third kappa shape index (κ3) is 2.79. The van der Waals surface area contributed by atoms with Crippen LogP contribution in [0.25, 0.3) is 0 Å². The van der Waals surface area contributed by atoms with E-state index in [0.717, 1.165) is 11.3 Å². The van der Waals surface area contributed by atoms with Crippen LogP contribution in [-0.2, 0) is 6.54 Å². The van der Waals surface area contributed by atoms with Gasteiger partial charge in [0.2, 0.25) is 5.82 Å². The Bertz CT molecular complexity index is 637. The third-order valence-electron chi connectivity index (χ3n) is 2.95. The smallest absolute Gasteiger partial charge is 0.312 e. The zero-order chi connectivity index (χ0) is 14.9. The Balaban J connectivity index is 2.34. The van der Waals surface area contributed by atoms with Crippen LogP contribution in [-0.4, -0.2) is 22.1 Å². The molecule has 0 aromatic carbocycles. The maximum atomic E-state index is 11.1. The summed E-state index contributed by atoms with van der Waals surface area (Å²) in [6.45, 7) is 4.09. The van der Waals surface area contributed by atoms with Crippen molar-refractivity contribution in [2.75, 3.05) is 11.9 Å². The van der Waals surface area contributed by atoms with Gasteiger partial charge in [-0.3, -0.25) is 10.1 Å². The SMILES string of the molecule is Cc1noc(C)c1CN(C)c1ncc(Br)cc1[N+](=O)[O-]. The summed E-state index contributed by atoms with van der Waals surface area (Å²) in [5.41, 5.74) is 1.63. The zero-order valence-corrected chi connectivity index (χ0v) is 12.8. The number of hydrogen-bond donors (Lipinski definition) is 0. The molecule has 2 rings (SSSR count). The largest absolute Gasteiger partial charge is 0.361 e. The van der Waals surface area contributed by atoms with Crippen molar-refractivity contribution in [3.8, 4) is 0 Å². The first kappa shape index (κ1) is 14.4. The van der Waals surface area contributed by atoms with Crippen LogP contribution in [0.4, 0.5) is 11.5 Å². The van der Waals surface area contributed by atoms with Crippen molar-refractivity contribution < 1.29 is 9.45 Å². The molecule has 0 aliphatic heterocycles. The fourth-order valence-electron chi connectivity index (χ4n) is 1.89. The Labute approximate surface area is 123 Å². The van der Waals surface area contributed by atoms with Gasteiger partial charge in [0.1, 0.15) is 5.76 Å². The maximum absolute atomic E-state index is 11.1. The van der Waals surface area contributed by atoms with Crippen molar-refractivity contribution in [3.05, 3.63) is 43.9 Å². The molecule has 0 spiro atoms. The first-order chi connectivity index (χ1) is 9.40. The van der Waals surface area contributed by atoms with Crippen LogP contribution >= 0.6 is 15.9 Å². The van der Waals surface area contributed by atoms with Gasteiger partial charge in [0.15, 0.2) is 0 Å². The number of nitro groups is 1. The molecule has 2 aromatic heterocycles. The number of hydrogen-bond acceptors (Lipinski definition) is 6. The standard InChI is InChI=1S/C12H13BrN4O3/c1-7-10(8(2)20-15-7)6-16(3)12-11(17(18)19)4-9(13)5-14-12/h4-5H,6H2,1-3H3. The highest BCUT2D eigenvalue weighted by Gasteiger charge is 2.21. The highest BCUT2D eigenvalue weighted by Crippen LogP contribution is 2.29. The lowest BCUT2D eigenvalue weighted by atomic mass is 10.2. The van der Waals surface area contributed by atoms with E-state index in [1.165, 1.54) is 12.3 Å². The van der Waals surface area contributed by atoms with E-state index in [1.54, 1.807) is 11.9 Å². The third-order valence-corrected chi connectivity index (χ3v) is 3.38. The average Bonchev–Trinajstić information content (AvgIpc) is 2.70. The van der Waals surface area contributed by atoms with Crippen molar-refractivity contribution in [2.45, 2.75) is 20.4 Å². The minimum Gasteiger partial charge on any atom is -0.361 e. The fraction of sp³-hybridized carbons (Fsp3) is 0.333.